The maximum atomic E-state index is 13.1. The predicted molar refractivity (Wildman–Crippen MR) is 73.5 cm³/mol. The van der Waals surface area contributed by atoms with Crippen molar-refractivity contribution in [1.29, 1.82) is 0 Å². The van der Waals surface area contributed by atoms with E-state index in [2.05, 4.69) is 15.2 Å². The van der Waals surface area contributed by atoms with Crippen LogP contribution in [0.2, 0.25) is 0 Å². The second-order valence-corrected chi connectivity index (χ2v) is 5.50. The molecule has 1 atom stereocenters. The zero-order valence-electron chi connectivity index (χ0n) is 11.6. The Morgan fingerprint density at radius 3 is 2.43 bits per heavy atom. The van der Waals surface area contributed by atoms with Crippen molar-refractivity contribution in [2.24, 2.45) is 0 Å². The first-order valence-corrected chi connectivity index (χ1v) is 6.93. The average molecular weight is 322 g/mol. The van der Waals surface area contributed by atoms with E-state index in [9.17, 15) is 17.6 Å². The smallest absolute Gasteiger partial charge is 0.278 e. The third kappa shape index (κ3) is 2.34. The van der Waals surface area contributed by atoms with E-state index in [0.29, 0.717) is 16.8 Å². The van der Waals surface area contributed by atoms with E-state index in [1.54, 1.807) is 24.3 Å². The fourth-order valence-electron chi connectivity index (χ4n) is 2.58. The molecule has 0 radical (unpaired) electrons. The number of nitrogens with zero attached hydrogens (tertiary/aromatic N) is 4. The van der Waals surface area contributed by atoms with Gasteiger partial charge in [0.1, 0.15) is 0 Å². The standard InChI is InChI=1S/C15H10F4N4/c16-13(17)14-22-21-12-6-20-11(7-23(12)14)9-3-1-8(2-4-9)10-5-15(10,18)19/h1-4,6-7,10,13H,5H2/t10-/m1/s1. The summed E-state index contributed by atoms with van der Waals surface area (Å²) in [6, 6.07) is 6.55. The second kappa shape index (κ2) is 4.74. The van der Waals surface area contributed by atoms with Gasteiger partial charge in [-0.05, 0) is 5.56 Å². The first kappa shape index (κ1) is 14.1. The molecular formula is C15H10F4N4. The summed E-state index contributed by atoms with van der Waals surface area (Å²) in [5.41, 5.74) is 1.87. The fraction of sp³-hybridized carbons (Fsp3) is 0.267. The molecule has 0 spiro atoms. The van der Waals surface area contributed by atoms with Crippen LogP contribution in [0.5, 0.6) is 0 Å². The summed E-state index contributed by atoms with van der Waals surface area (Å²) in [4.78, 5) is 4.15. The molecule has 2 aromatic heterocycles. The Labute approximate surface area is 127 Å². The van der Waals surface area contributed by atoms with Crippen LogP contribution in [0.15, 0.2) is 36.7 Å². The lowest BCUT2D eigenvalue weighted by Gasteiger charge is -2.05. The number of hydrogen-bond donors (Lipinski definition) is 0. The van der Waals surface area contributed by atoms with Crippen LogP contribution in [0.25, 0.3) is 16.9 Å². The van der Waals surface area contributed by atoms with Crippen LogP contribution in [0.1, 0.15) is 30.2 Å². The van der Waals surface area contributed by atoms with Crippen LogP contribution in [0.3, 0.4) is 0 Å². The molecule has 1 aromatic carbocycles. The minimum absolute atomic E-state index is 0.130. The zero-order valence-corrected chi connectivity index (χ0v) is 11.6. The van der Waals surface area contributed by atoms with Crippen LogP contribution < -0.4 is 0 Å². The molecule has 0 saturated heterocycles. The van der Waals surface area contributed by atoms with Crippen LogP contribution in [0.4, 0.5) is 17.6 Å². The Kier molecular flexibility index (Phi) is 2.91. The molecule has 3 aromatic rings. The van der Waals surface area contributed by atoms with Crippen molar-refractivity contribution in [3.63, 3.8) is 0 Å². The van der Waals surface area contributed by atoms with Gasteiger partial charge in [-0.2, -0.15) is 0 Å². The van der Waals surface area contributed by atoms with Gasteiger partial charge in [-0.1, -0.05) is 24.3 Å². The lowest BCUT2D eigenvalue weighted by molar-refractivity contribution is 0.112. The summed E-state index contributed by atoms with van der Waals surface area (Å²) in [5.74, 6) is -3.80. The van der Waals surface area contributed by atoms with Gasteiger partial charge >= 0.3 is 0 Å². The van der Waals surface area contributed by atoms with Crippen LogP contribution >= 0.6 is 0 Å². The lowest BCUT2D eigenvalue weighted by Crippen LogP contribution is -1.97. The summed E-state index contributed by atoms with van der Waals surface area (Å²) in [5, 5.41) is 7.05. The van der Waals surface area contributed by atoms with Gasteiger partial charge in [-0.3, -0.25) is 9.38 Å². The molecule has 0 amide bonds. The van der Waals surface area contributed by atoms with Gasteiger partial charge in [0.25, 0.3) is 12.3 Å². The number of halogens is 4. The SMILES string of the molecule is FC(F)c1nnc2cnc(-c3ccc([C@H]4CC4(F)F)cc3)cn12. The van der Waals surface area contributed by atoms with E-state index >= 15 is 0 Å². The largest absolute Gasteiger partial charge is 0.297 e. The quantitative estimate of drug-likeness (QED) is 0.688. The lowest BCUT2D eigenvalue weighted by atomic mass is 10.1. The summed E-state index contributed by atoms with van der Waals surface area (Å²) >= 11 is 0. The Bertz CT molecular complexity index is 873. The van der Waals surface area contributed by atoms with Crippen molar-refractivity contribution in [3.05, 3.63) is 48.0 Å². The highest BCUT2D eigenvalue weighted by Crippen LogP contribution is 2.55. The number of alkyl halides is 4. The summed E-state index contributed by atoms with van der Waals surface area (Å²) in [7, 11) is 0. The van der Waals surface area contributed by atoms with Gasteiger partial charge < -0.3 is 0 Å². The molecule has 0 N–H and O–H groups in total. The molecule has 8 heteroatoms. The van der Waals surface area contributed by atoms with Crippen molar-refractivity contribution in [1.82, 2.24) is 19.6 Å². The molecule has 0 unspecified atom stereocenters. The molecular weight excluding hydrogens is 312 g/mol. The third-order valence-electron chi connectivity index (χ3n) is 3.95. The Morgan fingerprint density at radius 2 is 1.83 bits per heavy atom. The fourth-order valence-corrected chi connectivity index (χ4v) is 2.58. The topological polar surface area (TPSA) is 43.1 Å². The zero-order chi connectivity index (χ0) is 16.2. The van der Waals surface area contributed by atoms with E-state index in [1.807, 2.05) is 0 Å². The van der Waals surface area contributed by atoms with Crippen LogP contribution in [-0.2, 0) is 0 Å². The number of hydrogen-bond acceptors (Lipinski definition) is 3. The predicted octanol–water partition coefficient (Wildman–Crippen LogP) is 3.85. The first-order chi connectivity index (χ1) is 11.0. The maximum absolute atomic E-state index is 13.1. The number of aromatic nitrogens is 4. The summed E-state index contributed by atoms with van der Waals surface area (Å²) in [6.45, 7) is 0. The van der Waals surface area contributed by atoms with E-state index in [0.717, 1.165) is 0 Å². The summed E-state index contributed by atoms with van der Waals surface area (Å²) in [6.07, 6.45) is -0.122. The Morgan fingerprint density at radius 1 is 1.13 bits per heavy atom. The van der Waals surface area contributed by atoms with Gasteiger partial charge in [-0.25, -0.2) is 17.6 Å². The van der Waals surface area contributed by atoms with Crippen LogP contribution in [0, 0.1) is 0 Å². The van der Waals surface area contributed by atoms with Gasteiger partial charge in [0.05, 0.1) is 17.8 Å². The van der Waals surface area contributed by atoms with Crippen LogP contribution in [-0.4, -0.2) is 25.5 Å². The maximum Gasteiger partial charge on any atom is 0.297 e. The average Bonchev–Trinajstić information content (AvgIpc) is 2.97. The Hall–Kier alpha value is -2.51. The molecule has 1 aliphatic carbocycles. The molecule has 4 rings (SSSR count). The van der Waals surface area contributed by atoms with Crippen molar-refractivity contribution in [2.75, 3.05) is 0 Å². The minimum Gasteiger partial charge on any atom is -0.278 e. The highest BCUT2D eigenvalue weighted by Gasteiger charge is 2.57. The monoisotopic (exact) mass is 322 g/mol. The van der Waals surface area contributed by atoms with E-state index in [-0.39, 0.29) is 12.1 Å². The first-order valence-electron chi connectivity index (χ1n) is 6.93. The molecule has 118 valence electrons. The van der Waals surface area contributed by atoms with Gasteiger partial charge in [0.2, 0.25) is 5.82 Å². The molecule has 23 heavy (non-hydrogen) atoms. The van der Waals surface area contributed by atoms with Gasteiger partial charge in [0.15, 0.2) is 5.65 Å². The highest BCUT2D eigenvalue weighted by atomic mass is 19.3. The molecule has 1 fully saturated rings. The second-order valence-electron chi connectivity index (χ2n) is 5.50. The molecule has 0 bridgehead atoms. The van der Waals surface area contributed by atoms with E-state index < -0.39 is 24.1 Å². The Balaban J connectivity index is 1.70. The van der Waals surface area contributed by atoms with Crippen molar-refractivity contribution in [2.45, 2.75) is 24.7 Å². The normalized spacial score (nSPS) is 19.4. The highest BCUT2D eigenvalue weighted by molar-refractivity contribution is 5.60. The molecule has 0 aliphatic heterocycles. The summed E-state index contributed by atoms with van der Waals surface area (Å²) < 4.78 is 53.0. The molecule has 1 saturated carbocycles. The third-order valence-corrected chi connectivity index (χ3v) is 3.95. The van der Waals surface area contributed by atoms with E-state index in [1.165, 1.54) is 16.8 Å². The number of rotatable bonds is 3. The molecule has 1 aliphatic rings. The van der Waals surface area contributed by atoms with Gasteiger partial charge in [0, 0.05) is 18.2 Å². The molecule has 2 heterocycles. The van der Waals surface area contributed by atoms with Gasteiger partial charge in [-0.15, -0.1) is 10.2 Å². The molecule has 4 nitrogen and oxygen atoms in total. The van der Waals surface area contributed by atoms with Crippen molar-refractivity contribution >= 4 is 5.65 Å². The minimum atomic E-state index is -2.75. The van der Waals surface area contributed by atoms with Crippen molar-refractivity contribution < 1.29 is 17.6 Å². The van der Waals surface area contributed by atoms with E-state index in [4.69, 9.17) is 0 Å². The number of fused-ring (bicyclic) bond motifs is 1. The van der Waals surface area contributed by atoms with Crippen molar-refractivity contribution in [3.8, 4) is 11.3 Å². The number of benzene rings is 1.